The molecule has 1 aromatic carbocycles. The van der Waals surface area contributed by atoms with E-state index in [1.807, 2.05) is 24.3 Å². The van der Waals surface area contributed by atoms with Gasteiger partial charge in [-0.25, -0.2) is 0 Å². The van der Waals surface area contributed by atoms with Crippen LogP contribution in [-0.4, -0.2) is 59.3 Å². The molecule has 4 rings (SSSR count). The van der Waals surface area contributed by atoms with Crippen molar-refractivity contribution in [2.75, 3.05) is 31.1 Å². The van der Waals surface area contributed by atoms with Gasteiger partial charge in [0.25, 0.3) is 0 Å². The van der Waals surface area contributed by atoms with Crippen LogP contribution in [0.1, 0.15) is 30.7 Å². The first-order valence-electron chi connectivity index (χ1n) is 10.6. The zero-order valence-corrected chi connectivity index (χ0v) is 17.4. The molecule has 2 aliphatic rings. The number of carbonyl (C=O) groups excluding carboxylic acids is 2. The summed E-state index contributed by atoms with van der Waals surface area (Å²) < 4.78 is 37.4. The summed E-state index contributed by atoms with van der Waals surface area (Å²) in [4.78, 5) is 27.7. The number of alkyl halides is 3. The smallest absolute Gasteiger partial charge is 0.342 e. The number of hydrogen-bond acceptors (Lipinski definition) is 5. The molecule has 170 valence electrons. The second-order valence-corrected chi connectivity index (χ2v) is 8.15. The van der Waals surface area contributed by atoms with E-state index in [9.17, 15) is 22.8 Å². The van der Waals surface area contributed by atoms with Gasteiger partial charge in [-0.2, -0.15) is 18.3 Å². The van der Waals surface area contributed by atoms with Gasteiger partial charge in [0.2, 0.25) is 11.8 Å². The normalized spacial score (nSPS) is 17.7. The van der Waals surface area contributed by atoms with Crippen LogP contribution in [0.15, 0.2) is 42.6 Å². The molecule has 0 bridgehead atoms. The fourth-order valence-electron chi connectivity index (χ4n) is 4.07. The maximum absolute atomic E-state index is 13.0. The molecule has 1 N–H and O–H groups in total. The van der Waals surface area contributed by atoms with Crippen molar-refractivity contribution in [3.05, 3.63) is 48.2 Å². The molecule has 2 fully saturated rings. The van der Waals surface area contributed by atoms with E-state index in [0.717, 1.165) is 5.56 Å². The quantitative estimate of drug-likeness (QED) is 0.763. The lowest BCUT2D eigenvalue weighted by Crippen LogP contribution is -2.51. The zero-order chi connectivity index (χ0) is 22.7. The maximum atomic E-state index is 13.0. The van der Waals surface area contributed by atoms with Gasteiger partial charge in [0.1, 0.15) is 6.42 Å². The van der Waals surface area contributed by atoms with Crippen molar-refractivity contribution in [2.24, 2.45) is 5.92 Å². The Morgan fingerprint density at radius 2 is 1.78 bits per heavy atom. The molecular formula is C22H24F3N5O2. The molecule has 0 aliphatic carbocycles. The number of anilines is 2. The Morgan fingerprint density at radius 3 is 2.31 bits per heavy atom. The largest absolute Gasteiger partial charge is 0.397 e. The second-order valence-electron chi connectivity index (χ2n) is 8.15. The molecule has 2 amide bonds. The molecule has 32 heavy (non-hydrogen) atoms. The van der Waals surface area contributed by atoms with Gasteiger partial charge in [-0.15, -0.1) is 5.10 Å². The van der Waals surface area contributed by atoms with Crippen LogP contribution in [0, 0.1) is 5.92 Å². The zero-order valence-electron chi connectivity index (χ0n) is 17.4. The Labute approximate surface area is 183 Å². The fourth-order valence-corrected chi connectivity index (χ4v) is 4.07. The first-order valence-corrected chi connectivity index (χ1v) is 10.6. The number of halogens is 3. The van der Waals surface area contributed by atoms with Crippen LogP contribution in [-0.2, 0) is 9.59 Å². The van der Waals surface area contributed by atoms with Crippen molar-refractivity contribution in [3.63, 3.8) is 0 Å². The Balaban J connectivity index is 1.44. The van der Waals surface area contributed by atoms with E-state index in [4.69, 9.17) is 0 Å². The van der Waals surface area contributed by atoms with Gasteiger partial charge in [0.15, 0.2) is 5.82 Å². The first kappa shape index (κ1) is 22.2. The summed E-state index contributed by atoms with van der Waals surface area (Å²) in [5, 5.41) is 11.1. The summed E-state index contributed by atoms with van der Waals surface area (Å²) in [6.45, 7) is 1.86. The van der Waals surface area contributed by atoms with E-state index in [0.29, 0.717) is 50.5 Å². The van der Waals surface area contributed by atoms with E-state index >= 15 is 0 Å². The molecule has 0 saturated carbocycles. The molecule has 2 aliphatic heterocycles. The lowest BCUT2D eigenvalue weighted by atomic mass is 9.89. The molecule has 1 aromatic heterocycles. The molecule has 0 unspecified atom stereocenters. The SMILES string of the molecule is O=C(CC(F)(F)F)N1CCC(c2ccc(N(C(=O)C3CNC3)c3cccnn3)cc2)CC1. The standard InChI is InChI=1S/C22H24F3N5O2/c23-22(24,25)12-20(31)29-10-7-16(8-11-29)15-3-5-18(6-4-15)30(19-2-1-9-27-28-19)21(32)17-13-26-14-17/h1-6,9,16-17,26H,7-8,10-14H2. The van der Waals surface area contributed by atoms with Crippen LogP contribution < -0.4 is 10.2 Å². The first-order chi connectivity index (χ1) is 15.3. The van der Waals surface area contributed by atoms with Gasteiger partial charge < -0.3 is 10.2 Å². The number of piperidine rings is 1. The van der Waals surface area contributed by atoms with Gasteiger partial charge in [0, 0.05) is 32.4 Å². The maximum Gasteiger partial charge on any atom is 0.397 e. The predicted octanol–water partition coefficient (Wildman–Crippen LogP) is 3.02. The third-order valence-corrected chi connectivity index (χ3v) is 5.96. The fraction of sp³-hybridized carbons (Fsp3) is 0.455. The van der Waals surface area contributed by atoms with E-state index in [1.165, 1.54) is 4.90 Å². The van der Waals surface area contributed by atoms with Crippen LogP contribution in [0.3, 0.4) is 0 Å². The predicted molar refractivity (Wildman–Crippen MR) is 111 cm³/mol. The molecule has 0 atom stereocenters. The Kier molecular flexibility index (Phi) is 6.40. The van der Waals surface area contributed by atoms with E-state index in [-0.39, 0.29) is 17.7 Å². The summed E-state index contributed by atoms with van der Waals surface area (Å²) in [7, 11) is 0. The third-order valence-electron chi connectivity index (χ3n) is 5.96. The van der Waals surface area contributed by atoms with Crippen LogP contribution in [0.25, 0.3) is 0 Å². The number of likely N-dealkylation sites (tertiary alicyclic amines) is 1. The Hall–Kier alpha value is -3.01. The molecule has 0 radical (unpaired) electrons. The second kappa shape index (κ2) is 9.23. The number of carbonyl (C=O) groups is 2. The minimum Gasteiger partial charge on any atom is -0.342 e. The van der Waals surface area contributed by atoms with Crippen LogP contribution in [0.2, 0.25) is 0 Å². The average molecular weight is 447 g/mol. The number of hydrogen-bond donors (Lipinski definition) is 1. The number of benzene rings is 1. The van der Waals surface area contributed by atoms with Crippen molar-refractivity contribution in [1.82, 2.24) is 20.4 Å². The van der Waals surface area contributed by atoms with Gasteiger partial charge in [-0.3, -0.25) is 14.5 Å². The minimum atomic E-state index is -4.48. The molecule has 7 nitrogen and oxygen atoms in total. The van der Waals surface area contributed by atoms with Gasteiger partial charge in [0.05, 0.1) is 11.6 Å². The third kappa shape index (κ3) is 5.07. The molecule has 0 spiro atoms. The van der Waals surface area contributed by atoms with Gasteiger partial charge in [-0.05, 0) is 48.6 Å². The summed E-state index contributed by atoms with van der Waals surface area (Å²) in [5.74, 6) is -0.428. The number of nitrogens with one attached hydrogen (secondary N) is 1. The van der Waals surface area contributed by atoms with Crippen molar-refractivity contribution < 1.29 is 22.8 Å². The number of aromatic nitrogens is 2. The Morgan fingerprint density at radius 1 is 1.09 bits per heavy atom. The van der Waals surface area contributed by atoms with Crippen molar-refractivity contribution >= 4 is 23.3 Å². The number of rotatable bonds is 5. The summed E-state index contributed by atoms with van der Waals surface area (Å²) >= 11 is 0. The highest BCUT2D eigenvalue weighted by Crippen LogP contribution is 2.32. The molecule has 2 aromatic rings. The van der Waals surface area contributed by atoms with Crippen LogP contribution in [0.4, 0.5) is 24.7 Å². The summed E-state index contributed by atoms with van der Waals surface area (Å²) in [6, 6.07) is 11.0. The molecule has 10 heteroatoms. The monoisotopic (exact) mass is 447 g/mol. The lowest BCUT2D eigenvalue weighted by molar-refractivity contribution is -0.162. The lowest BCUT2D eigenvalue weighted by Gasteiger charge is -2.33. The molecule has 3 heterocycles. The Bertz CT molecular complexity index is 940. The highest BCUT2D eigenvalue weighted by atomic mass is 19.4. The van der Waals surface area contributed by atoms with Crippen LogP contribution >= 0.6 is 0 Å². The molecular weight excluding hydrogens is 423 g/mol. The van der Waals surface area contributed by atoms with Crippen LogP contribution in [0.5, 0.6) is 0 Å². The summed E-state index contributed by atoms with van der Waals surface area (Å²) in [6.07, 6.45) is -3.14. The molecule has 2 saturated heterocycles. The number of amides is 2. The highest BCUT2D eigenvalue weighted by molar-refractivity contribution is 6.01. The minimum absolute atomic E-state index is 0.0477. The highest BCUT2D eigenvalue weighted by Gasteiger charge is 2.35. The summed E-state index contributed by atoms with van der Waals surface area (Å²) in [5.41, 5.74) is 1.72. The van der Waals surface area contributed by atoms with E-state index < -0.39 is 18.5 Å². The number of nitrogens with zero attached hydrogens (tertiary/aromatic N) is 4. The average Bonchev–Trinajstić information content (AvgIpc) is 2.73. The topological polar surface area (TPSA) is 78.4 Å². The van der Waals surface area contributed by atoms with Crippen molar-refractivity contribution in [1.29, 1.82) is 0 Å². The van der Waals surface area contributed by atoms with Crippen molar-refractivity contribution in [3.8, 4) is 0 Å². The van der Waals surface area contributed by atoms with Crippen molar-refractivity contribution in [2.45, 2.75) is 31.4 Å². The van der Waals surface area contributed by atoms with E-state index in [2.05, 4.69) is 15.5 Å². The van der Waals surface area contributed by atoms with E-state index in [1.54, 1.807) is 23.2 Å². The van der Waals surface area contributed by atoms with Gasteiger partial charge in [-0.1, -0.05) is 12.1 Å². The van der Waals surface area contributed by atoms with Gasteiger partial charge >= 0.3 is 6.18 Å².